The van der Waals surface area contributed by atoms with Gasteiger partial charge >= 0.3 is 0 Å². The van der Waals surface area contributed by atoms with Gasteiger partial charge in [-0.15, -0.1) is 0 Å². The van der Waals surface area contributed by atoms with Crippen molar-refractivity contribution in [1.82, 2.24) is 0 Å². The van der Waals surface area contributed by atoms with E-state index in [0.717, 1.165) is 78.3 Å². The van der Waals surface area contributed by atoms with Crippen LogP contribution in [-0.4, -0.2) is 0 Å². The largest absolute Gasteiger partial charge is 0.456 e. The van der Waals surface area contributed by atoms with Gasteiger partial charge in [0.1, 0.15) is 11.2 Å². The molecule has 1 aromatic heterocycles. The van der Waals surface area contributed by atoms with Crippen molar-refractivity contribution in [2.24, 2.45) is 0 Å². The third kappa shape index (κ3) is 6.67. The molecule has 0 unspecified atom stereocenters. The van der Waals surface area contributed by atoms with Gasteiger partial charge < -0.3 is 14.2 Å². The molecule has 0 atom stereocenters. The highest BCUT2D eigenvalue weighted by Crippen LogP contribution is 2.45. The summed E-state index contributed by atoms with van der Waals surface area (Å²) in [5.74, 6) is 0. The molecule has 12 aromatic carbocycles. The Hall–Kier alpha value is -8.92. The maximum absolute atomic E-state index is 6.45. The molecule has 0 saturated carbocycles. The Morgan fingerprint density at radius 3 is 0.970 bits per heavy atom. The van der Waals surface area contributed by atoms with E-state index in [-0.39, 0.29) is 0 Å². The standard InChI is InChI=1S/C64H42N2O/c1-3-17-49(18-4-1)65(61-41-47-15-7-9-21-53(47)55-23-11-13-25-57(55)61)51-33-27-43(28-34-51)45-31-37-63-59(39-45)60-40-46(32-38-64(60)67-63)44-29-35-52(36-30-44)66(50-19-5-2-6-20-50)62-42-48-16-8-10-22-54(48)56-24-12-14-26-58(56)62/h1-42H. The van der Waals surface area contributed by atoms with Crippen LogP contribution in [0.5, 0.6) is 0 Å². The Morgan fingerprint density at radius 1 is 0.224 bits per heavy atom. The first kappa shape index (κ1) is 38.5. The lowest BCUT2D eigenvalue weighted by Crippen LogP contribution is -2.10. The predicted octanol–water partition coefficient (Wildman–Crippen LogP) is 18.5. The maximum atomic E-state index is 6.45. The van der Waals surface area contributed by atoms with Crippen LogP contribution >= 0.6 is 0 Å². The van der Waals surface area contributed by atoms with Crippen molar-refractivity contribution in [3.63, 3.8) is 0 Å². The quantitative estimate of drug-likeness (QED) is 0.142. The zero-order valence-corrected chi connectivity index (χ0v) is 36.6. The van der Waals surface area contributed by atoms with Gasteiger partial charge in [-0.2, -0.15) is 0 Å². The SMILES string of the molecule is c1ccc(N(c2ccc(-c3ccc4oc5ccc(-c6ccc(N(c7ccccc7)c7cc8ccccc8c8ccccc78)cc6)cc5c4c3)cc2)c2cc3ccccc3c3ccccc23)cc1. The minimum absolute atomic E-state index is 0.877. The molecule has 0 fully saturated rings. The highest BCUT2D eigenvalue weighted by molar-refractivity contribution is 6.16. The van der Waals surface area contributed by atoms with Gasteiger partial charge in [-0.3, -0.25) is 0 Å². The molecule has 0 aliphatic heterocycles. The summed E-state index contributed by atoms with van der Waals surface area (Å²) in [6.07, 6.45) is 0. The van der Waals surface area contributed by atoms with E-state index in [0.29, 0.717) is 0 Å². The lowest BCUT2D eigenvalue weighted by molar-refractivity contribution is 0.669. The van der Waals surface area contributed by atoms with E-state index in [4.69, 9.17) is 4.42 Å². The molecule has 1 heterocycles. The van der Waals surface area contributed by atoms with Crippen LogP contribution in [0.2, 0.25) is 0 Å². The van der Waals surface area contributed by atoms with Crippen LogP contribution in [0.25, 0.3) is 87.3 Å². The average Bonchev–Trinajstić information content (AvgIpc) is 3.77. The minimum atomic E-state index is 0.877. The highest BCUT2D eigenvalue weighted by atomic mass is 16.3. The third-order valence-corrected chi connectivity index (χ3v) is 13.4. The predicted molar refractivity (Wildman–Crippen MR) is 284 cm³/mol. The Kier molecular flexibility index (Phi) is 9.17. The summed E-state index contributed by atoms with van der Waals surface area (Å²) >= 11 is 0. The molecule has 13 aromatic rings. The summed E-state index contributed by atoms with van der Waals surface area (Å²) in [7, 11) is 0. The number of nitrogens with zero attached hydrogens (tertiary/aromatic N) is 2. The summed E-state index contributed by atoms with van der Waals surface area (Å²) in [5.41, 5.74) is 13.0. The van der Waals surface area contributed by atoms with Crippen LogP contribution in [0.3, 0.4) is 0 Å². The Balaban J connectivity index is 0.856. The van der Waals surface area contributed by atoms with Crippen molar-refractivity contribution in [2.45, 2.75) is 0 Å². The third-order valence-electron chi connectivity index (χ3n) is 13.4. The normalized spacial score (nSPS) is 11.6. The molecule has 0 amide bonds. The first-order valence-electron chi connectivity index (χ1n) is 22.9. The first-order chi connectivity index (χ1) is 33.2. The molecule has 67 heavy (non-hydrogen) atoms. The van der Waals surface area contributed by atoms with Gasteiger partial charge in [-0.05, 0) is 140 Å². The number of furan rings is 1. The summed E-state index contributed by atoms with van der Waals surface area (Å²) in [6, 6.07) is 91.9. The fourth-order valence-corrected chi connectivity index (χ4v) is 10.2. The Morgan fingerprint density at radius 2 is 0.552 bits per heavy atom. The molecular weight excluding hydrogens is 813 g/mol. The van der Waals surface area contributed by atoms with Crippen molar-refractivity contribution in [2.75, 3.05) is 9.80 Å². The van der Waals surface area contributed by atoms with E-state index in [1.807, 2.05) is 0 Å². The number of fused-ring (bicyclic) bond motifs is 9. The van der Waals surface area contributed by atoms with E-state index in [1.54, 1.807) is 0 Å². The zero-order chi connectivity index (χ0) is 44.3. The van der Waals surface area contributed by atoms with Crippen molar-refractivity contribution >= 4 is 99.2 Å². The molecule has 0 aliphatic rings. The molecule has 0 radical (unpaired) electrons. The second-order valence-electron chi connectivity index (χ2n) is 17.3. The van der Waals surface area contributed by atoms with Crippen molar-refractivity contribution < 1.29 is 4.42 Å². The zero-order valence-electron chi connectivity index (χ0n) is 36.6. The minimum Gasteiger partial charge on any atom is -0.456 e. The van der Waals surface area contributed by atoms with Crippen LogP contribution in [0, 0.1) is 0 Å². The molecule has 0 saturated heterocycles. The van der Waals surface area contributed by atoms with Crippen LogP contribution in [0.15, 0.2) is 259 Å². The van der Waals surface area contributed by atoms with E-state index in [2.05, 4.69) is 265 Å². The number of hydrogen-bond donors (Lipinski definition) is 0. The lowest BCUT2D eigenvalue weighted by atomic mass is 9.98. The van der Waals surface area contributed by atoms with Gasteiger partial charge in [-0.25, -0.2) is 0 Å². The van der Waals surface area contributed by atoms with Crippen LogP contribution in [0.4, 0.5) is 34.1 Å². The molecule has 0 N–H and O–H groups in total. The van der Waals surface area contributed by atoms with Crippen molar-refractivity contribution in [1.29, 1.82) is 0 Å². The highest BCUT2D eigenvalue weighted by Gasteiger charge is 2.20. The van der Waals surface area contributed by atoms with Gasteiger partial charge in [0.15, 0.2) is 0 Å². The number of para-hydroxylation sites is 2. The van der Waals surface area contributed by atoms with E-state index < -0.39 is 0 Å². The second-order valence-corrected chi connectivity index (χ2v) is 17.3. The smallest absolute Gasteiger partial charge is 0.135 e. The summed E-state index contributed by atoms with van der Waals surface area (Å²) in [6.45, 7) is 0. The molecule has 3 nitrogen and oxygen atoms in total. The number of benzene rings is 12. The lowest BCUT2D eigenvalue weighted by Gasteiger charge is -2.27. The van der Waals surface area contributed by atoms with E-state index in [9.17, 15) is 0 Å². The van der Waals surface area contributed by atoms with Gasteiger partial charge in [0.25, 0.3) is 0 Å². The molecule has 13 rings (SSSR count). The summed E-state index contributed by atoms with van der Waals surface area (Å²) < 4.78 is 6.45. The average molecular weight is 855 g/mol. The van der Waals surface area contributed by atoms with Gasteiger partial charge in [0, 0.05) is 44.3 Å². The molecule has 0 aliphatic carbocycles. The fourth-order valence-electron chi connectivity index (χ4n) is 10.2. The number of rotatable bonds is 8. The Bertz CT molecular complexity index is 3710. The van der Waals surface area contributed by atoms with E-state index in [1.165, 1.54) is 43.1 Å². The molecule has 314 valence electrons. The molecule has 0 spiro atoms. The topological polar surface area (TPSA) is 19.6 Å². The van der Waals surface area contributed by atoms with Gasteiger partial charge in [0.05, 0.1) is 11.4 Å². The van der Waals surface area contributed by atoms with Crippen LogP contribution in [-0.2, 0) is 0 Å². The maximum Gasteiger partial charge on any atom is 0.135 e. The van der Waals surface area contributed by atoms with E-state index >= 15 is 0 Å². The summed E-state index contributed by atoms with van der Waals surface area (Å²) in [5, 5.41) is 12.1. The second kappa shape index (κ2) is 16.0. The van der Waals surface area contributed by atoms with Crippen molar-refractivity contribution in [3.8, 4) is 22.3 Å². The Labute approximate surface area is 388 Å². The van der Waals surface area contributed by atoms with Crippen molar-refractivity contribution in [3.05, 3.63) is 255 Å². The number of hydrogen-bond acceptors (Lipinski definition) is 3. The van der Waals surface area contributed by atoms with Crippen LogP contribution < -0.4 is 9.80 Å². The number of anilines is 6. The fraction of sp³-hybridized carbons (Fsp3) is 0. The molecule has 3 heteroatoms. The molecular formula is C64H42N2O. The first-order valence-corrected chi connectivity index (χ1v) is 22.9. The van der Waals surface area contributed by atoms with Gasteiger partial charge in [0.2, 0.25) is 0 Å². The van der Waals surface area contributed by atoms with Crippen LogP contribution in [0.1, 0.15) is 0 Å². The summed E-state index contributed by atoms with van der Waals surface area (Å²) in [4.78, 5) is 4.76. The molecule has 0 bridgehead atoms. The van der Waals surface area contributed by atoms with Gasteiger partial charge in [-0.1, -0.05) is 170 Å². The monoisotopic (exact) mass is 854 g/mol.